The van der Waals surface area contributed by atoms with Crippen molar-refractivity contribution in [3.63, 3.8) is 0 Å². The van der Waals surface area contributed by atoms with Crippen LogP contribution in [0.3, 0.4) is 0 Å². The highest BCUT2D eigenvalue weighted by Gasteiger charge is 2.24. The third-order valence-corrected chi connectivity index (χ3v) is 6.98. The molecule has 2 N–H and O–H groups in total. The SMILES string of the molecule is CS(=O)(=O)c1cc(S(N)(=O)=O)ccc1N1CCN(Cc2ccc(Cl)cc2)CC1. The van der Waals surface area contributed by atoms with E-state index in [1.165, 1.54) is 12.1 Å². The number of hydrogen-bond acceptors (Lipinski definition) is 6. The largest absolute Gasteiger partial charge is 0.368 e. The van der Waals surface area contributed by atoms with E-state index in [4.69, 9.17) is 16.7 Å². The third-order valence-electron chi connectivity index (χ3n) is 4.69. The number of benzene rings is 2. The van der Waals surface area contributed by atoms with Gasteiger partial charge in [-0.2, -0.15) is 0 Å². The molecule has 10 heteroatoms. The number of nitrogens with zero attached hydrogens (tertiary/aromatic N) is 2. The molecule has 7 nitrogen and oxygen atoms in total. The molecule has 0 aliphatic carbocycles. The minimum atomic E-state index is -3.98. The van der Waals surface area contributed by atoms with Crippen molar-refractivity contribution in [1.29, 1.82) is 0 Å². The van der Waals surface area contributed by atoms with E-state index in [0.29, 0.717) is 23.8 Å². The molecule has 0 amide bonds. The smallest absolute Gasteiger partial charge is 0.238 e. The zero-order valence-electron chi connectivity index (χ0n) is 15.4. The fourth-order valence-electron chi connectivity index (χ4n) is 3.22. The molecule has 2 aromatic carbocycles. The summed E-state index contributed by atoms with van der Waals surface area (Å²) < 4.78 is 47.6. The zero-order valence-corrected chi connectivity index (χ0v) is 17.8. The van der Waals surface area contributed by atoms with Gasteiger partial charge in [0.15, 0.2) is 9.84 Å². The monoisotopic (exact) mass is 443 g/mol. The molecule has 2 aromatic rings. The number of halogens is 1. The maximum Gasteiger partial charge on any atom is 0.238 e. The summed E-state index contributed by atoms with van der Waals surface area (Å²) in [6.45, 7) is 3.55. The molecule has 0 unspecified atom stereocenters. The second kappa shape index (κ2) is 8.00. The van der Waals surface area contributed by atoms with Crippen LogP contribution in [0, 0.1) is 0 Å². The van der Waals surface area contributed by atoms with Crippen molar-refractivity contribution >= 4 is 37.1 Å². The summed E-state index contributed by atoms with van der Waals surface area (Å²) in [4.78, 5) is 4.00. The predicted molar refractivity (Wildman–Crippen MR) is 110 cm³/mol. The number of rotatable bonds is 5. The molecule has 0 saturated carbocycles. The van der Waals surface area contributed by atoms with Gasteiger partial charge in [0.2, 0.25) is 10.0 Å². The highest BCUT2D eigenvalue weighted by Crippen LogP contribution is 2.29. The molecule has 3 rings (SSSR count). The summed E-state index contributed by atoms with van der Waals surface area (Å²) in [7, 11) is -7.60. The quantitative estimate of drug-likeness (QED) is 0.754. The lowest BCUT2D eigenvalue weighted by atomic mass is 10.2. The lowest BCUT2D eigenvalue weighted by Gasteiger charge is -2.37. The Balaban J connectivity index is 1.77. The van der Waals surface area contributed by atoms with Crippen LogP contribution >= 0.6 is 11.6 Å². The standard InChI is InChI=1S/C18H22ClN3O4S2/c1-27(23,24)18-12-16(28(20,25)26)6-7-17(18)22-10-8-21(9-11-22)13-14-2-4-15(19)5-3-14/h2-7,12H,8-11,13H2,1H3,(H2,20,25,26). The van der Waals surface area contributed by atoms with Crippen LogP contribution in [0.1, 0.15) is 5.56 Å². The minimum Gasteiger partial charge on any atom is -0.368 e. The predicted octanol–water partition coefficient (Wildman–Crippen LogP) is 1.71. The summed E-state index contributed by atoms with van der Waals surface area (Å²) in [5.41, 5.74) is 1.66. The van der Waals surface area contributed by atoms with Gasteiger partial charge in [-0.05, 0) is 35.9 Å². The number of piperazine rings is 1. The Morgan fingerprint density at radius 3 is 2.11 bits per heavy atom. The molecule has 1 fully saturated rings. The van der Waals surface area contributed by atoms with Gasteiger partial charge in [0.25, 0.3) is 0 Å². The van der Waals surface area contributed by atoms with Gasteiger partial charge in [-0.3, -0.25) is 4.90 Å². The first-order valence-electron chi connectivity index (χ1n) is 8.63. The Hall–Kier alpha value is -1.65. The molecule has 0 aromatic heterocycles. The molecule has 1 saturated heterocycles. The van der Waals surface area contributed by atoms with Crippen molar-refractivity contribution in [3.05, 3.63) is 53.1 Å². The summed E-state index contributed by atoms with van der Waals surface area (Å²) in [6, 6.07) is 11.7. The van der Waals surface area contributed by atoms with Crippen LogP contribution in [0.15, 0.2) is 52.3 Å². The molecule has 152 valence electrons. The Morgan fingerprint density at radius 2 is 1.57 bits per heavy atom. The maximum absolute atomic E-state index is 12.2. The molecular weight excluding hydrogens is 422 g/mol. The summed E-state index contributed by atoms with van der Waals surface area (Å²) >= 11 is 5.92. The molecule has 0 radical (unpaired) electrons. The highest BCUT2D eigenvalue weighted by molar-refractivity contribution is 7.91. The third kappa shape index (κ3) is 5.03. The molecular formula is C18H22ClN3O4S2. The summed E-state index contributed by atoms with van der Waals surface area (Å²) in [5.74, 6) is 0. The average molecular weight is 444 g/mol. The first kappa shape index (κ1) is 21.1. The Morgan fingerprint density at radius 1 is 0.964 bits per heavy atom. The van der Waals surface area contributed by atoms with Crippen LogP contribution in [-0.2, 0) is 26.4 Å². The lowest BCUT2D eigenvalue weighted by molar-refractivity contribution is 0.249. The zero-order chi connectivity index (χ0) is 20.5. The molecule has 0 spiro atoms. The van der Waals surface area contributed by atoms with Gasteiger partial charge < -0.3 is 4.90 Å². The number of nitrogens with two attached hydrogens (primary N) is 1. The minimum absolute atomic E-state index is 0.0230. The fraction of sp³-hybridized carbons (Fsp3) is 0.333. The van der Waals surface area contributed by atoms with Crippen LogP contribution in [0.2, 0.25) is 5.02 Å². The second-order valence-corrected chi connectivity index (χ2v) is 10.8. The Labute approximate surface area is 170 Å². The van der Waals surface area contributed by atoms with Crippen molar-refractivity contribution < 1.29 is 16.8 Å². The van der Waals surface area contributed by atoms with E-state index in [1.807, 2.05) is 29.2 Å². The summed E-state index contributed by atoms with van der Waals surface area (Å²) in [5, 5.41) is 5.85. The van der Waals surface area contributed by atoms with Crippen molar-refractivity contribution in [2.75, 3.05) is 37.3 Å². The highest BCUT2D eigenvalue weighted by atomic mass is 35.5. The van der Waals surface area contributed by atoms with Crippen LogP contribution in [-0.4, -0.2) is 54.2 Å². The number of anilines is 1. The Kier molecular flexibility index (Phi) is 6.02. The first-order valence-corrected chi connectivity index (χ1v) is 12.4. The average Bonchev–Trinajstić information content (AvgIpc) is 2.62. The molecule has 28 heavy (non-hydrogen) atoms. The van der Waals surface area contributed by atoms with Crippen LogP contribution in [0.4, 0.5) is 5.69 Å². The van der Waals surface area contributed by atoms with E-state index < -0.39 is 19.9 Å². The summed E-state index contributed by atoms with van der Waals surface area (Å²) in [6.07, 6.45) is 1.07. The normalized spacial score (nSPS) is 16.3. The first-order chi connectivity index (χ1) is 13.0. The molecule has 1 heterocycles. The van der Waals surface area contributed by atoms with E-state index in [-0.39, 0.29) is 9.79 Å². The van der Waals surface area contributed by atoms with Gasteiger partial charge in [-0.1, -0.05) is 23.7 Å². The van der Waals surface area contributed by atoms with Gasteiger partial charge in [-0.15, -0.1) is 0 Å². The van der Waals surface area contributed by atoms with Gasteiger partial charge in [0.1, 0.15) is 0 Å². The number of hydrogen-bond donors (Lipinski definition) is 1. The molecule has 1 aliphatic heterocycles. The molecule has 0 atom stereocenters. The van der Waals surface area contributed by atoms with Gasteiger partial charge >= 0.3 is 0 Å². The lowest BCUT2D eigenvalue weighted by Crippen LogP contribution is -2.46. The second-order valence-electron chi connectivity index (χ2n) is 6.84. The van der Waals surface area contributed by atoms with Gasteiger partial charge in [-0.25, -0.2) is 22.0 Å². The van der Waals surface area contributed by atoms with Crippen LogP contribution < -0.4 is 10.0 Å². The molecule has 1 aliphatic rings. The number of sulfonamides is 1. The van der Waals surface area contributed by atoms with E-state index in [1.54, 1.807) is 0 Å². The fourth-order valence-corrected chi connectivity index (χ4v) is 4.88. The van der Waals surface area contributed by atoms with E-state index >= 15 is 0 Å². The van der Waals surface area contributed by atoms with Crippen LogP contribution in [0.5, 0.6) is 0 Å². The number of sulfone groups is 1. The van der Waals surface area contributed by atoms with Crippen molar-refractivity contribution in [2.24, 2.45) is 5.14 Å². The van der Waals surface area contributed by atoms with Crippen molar-refractivity contribution in [3.8, 4) is 0 Å². The van der Waals surface area contributed by atoms with E-state index in [2.05, 4.69) is 4.90 Å². The van der Waals surface area contributed by atoms with Gasteiger partial charge in [0.05, 0.1) is 15.5 Å². The Bertz CT molecular complexity index is 1060. The maximum atomic E-state index is 12.2. The van der Waals surface area contributed by atoms with E-state index in [0.717, 1.165) is 37.5 Å². The van der Waals surface area contributed by atoms with Crippen molar-refractivity contribution in [1.82, 2.24) is 4.90 Å². The topological polar surface area (TPSA) is 101 Å². The van der Waals surface area contributed by atoms with Crippen molar-refractivity contribution in [2.45, 2.75) is 16.3 Å². The van der Waals surface area contributed by atoms with Crippen LogP contribution in [0.25, 0.3) is 0 Å². The number of primary sulfonamides is 1. The molecule has 0 bridgehead atoms. The van der Waals surface area contributed by atoms with Gasteiger partial charge in [0, 0.05) is 44.0 Å². The van der Waals surface area contributed by atoms with E-state index in [9.17, 15) is 16.8 Å².